The predicted octanol–water partition coefficient (Wildman–Crippen LogP) is 3.39. The maximum atomic E-state index is 11.7. The fourth-order valence-corrected chi connectivity index (χ4v) is 2.52. The topological polar surface area (TPSA) is 20.3 Å². The molecule has 0 fully saturated rings. The summed E-state index contributed by atoms with van der Waals surface area (Å²) < 4.78 is 0. The summed E-state index contributed by atoms with van der Waals surface area (Å²) in [6.07, 6.45) is 3.45. The van der Waals surface area contributed by atoms with Crippen LogP contribution >= 0.6 is 0 Å². The van der Waals surface area contributed by atoms with Crippen LogP contribution in [0, 0.1) is 5.41 Å². The van der Waals surface area contributed by atoms with Crippen molar-refractivity contribution in [3.63, 3.8) is 0 Å². The molecule has 0 saturated heterocycles. The number of carbonyl (C=O) groups excluding carboxylic acids is 1. The molecule has 0 aliphatic heterocycles. The molecule has 0 atom stereocenters. The third kappa shape index (κ3) is 3.22. The van der Waals surface area contributed by atoms with Gasteiger partial charge in [0.1, 0.15) is 0 Å². The number of allylic oxidation sites excluding steroid dienone is 2. The predicted molar refractivity (Wildman–Crippen MR) is 74.0 cm³/mol. The number of hydrogen-bond acceptors (Lipinski definition) is 2. The fraction of sp³-hybridized carbons (Fsp3) is 0.438. The Morgan fingerprint density at radius 3 is 2.44 bits per heavy atom. The van der Waals surface area contributed by atoms with E-state index in [9.17, 15) is 4.79 Å². The number of carbonyl (C=O) groups is 1. The molecule has 0 spiro atoms. The number of nitrogens with zero attached hydrogens (tertiary/aromatic N) is 1. The van der Waals surface area contributed by atoms with Gasteiger partial charge in [-0.15, -0.1) is 0 Å². The van der Waals surface area contributed by atoms with Gasteiger partial charge in [0, 0.05) is 31.8 Å². The quantitative estimate of drug-likeness (QED) is 0.811. The lowest BCUT2D eigenvalue weighted by Crippen LogP contribution is -2.29. The number of rotatable bonds is 3. The van der Waals surface area contributed by atoms with Gasteiger partial charge in [0.25, 0.3) is 0 Å². The second-order valence-corrected chi connectivity index (χ2v) is 5.96. The highest BCUT2D eigenvalue weighted by Crippen LogP contribution is 2.34. The van der Waals surface area contributed by atoms with E-state index >= 15 is 0 Å². The molecule has 1 aliphatic rings. The van der Waals surface area contributed by atoms with Gasteiger partial charge in [-0.25, -0.2) is 0 Å². The lowest BCUT2D eigenvalue weighted by Gasteiger charge is -2.33. The first-order valence-electron chi connectivity index (χ1n) is 6.45. The van der Waals surface area contributed by atoms with Gasteiger partial charge < -0.3 is 4.90 Å². The molecule has 0 radical (unpaired) electrons. The minimum atomic E-state index is 0.0894. The van der Waals surface area contributed by atoms with Gasteiger partial charge in [-0.05, 0) is 17.4 Å². The molecule has 0 heterocycles. The highest BCUT2D eigenvalue weighted by atomic mass is 16.1. The Balaban J connectivity index is 2.10. The van der Waals surface area contributed by atoms with E-state index in [4.69, 9.17) is 0 Å². The van der Waals surface area contributed by atoms with Crippen LogP contribution in [0.3, 0.4) is 0 Å². The molecule has 1 aromatic rings. The lowest BCUT2D eigenvalue weighted by molar-refractivity contribution is -0.117. The molecular weight excluding hydrogens is 222 g/mol. The second kappa shape index (κ2) is 4.97. The van der Waals surface area contributed by atoms with E-state index in [1.807, 2.05) is 24.3 Å². The monoisotopic (exact) mass is 243 g/mol. The molecule has 96 valence electrons. The van der Waals surface area contributed by atoms with Gasteiger partial charge in [0.15, 0.2) is 5.78 Å². The third-order valence-corrected chi connectivity index (χ3v) is 3.39. The van der Waals surface area contributed by atoms with Crippen LogP contribution in [0.2, 0.25) is 0 Å². The fourth-order valence-electron chi connectivity index (χ4n) is 2.52. The van der Waals surface area contributed by atoms with Gasteiger partial charge in [-0.3, -0.25) is 4.79 Å². The average molecular weight is 243 g/mol. The lowest BCUT2D eigenvalue weighted by atomic mass is 9.78. The van der Waals surface area contributed by atoms with E-state index in [0.29, 0.717) is 6.42 Å². The molecule has 2 heteroatoms. The molecule has 0 saturated carbocycles. The van der Waals surface area contributed by atoms with Crippen molar-refractivity contribution >= 4 is 5.78 Å². The molecule has 0 N–H and O–H groups in total. The van der Waals surface area contributed by atoms with Crippen LogP contribution < -0.4 is 0 Å². The maximum absolute atomic E-state index is 11.7. The minimum absolute atomic E-state index is 0.0894. The van der Waals surface area contributed by atoms with Crippen LogP contribution in [0.1, 0.15) is 32.3 Å². The first-order valence-corrected chi connectivity index (χ1v) is 6.45. The number of hydrogen-bond donors (Lipinski definition) is 0. The Morgan fingerprint density at radius 2 is 1.83 bits per heavy atom. The van der Waals surface area contributed by atoms with E-state index in [1.54, 1.807) is 0 Å². The summed E-state index contributed by atoms with van der Waals surface area (Å²) in [6.45, 7) is 5.18. The van der Waals surface area contributed by atoms with Crippen LogP contribution in [0.5, 0.6) is 0 Å². The average Bonchev–Trinajstić information content (AvgIpc) is 2.27. The molecule has 0 amide bonds. The Hall–Kier alpha value is -1.57. The summed E-state index contributed by atoms with van der Waals surface area (Å²) >= 11 is 0. The molecule has 0 bridgehead atoms. The van der Waals surface area contributed by atoms with Crippen LogP contribution in [-0.2, 0) is 11.3 Å². The van der Waals surface area contributed by atoms with Crippen molar-refractivity contribution in [2.24, 2.45) is 5.41 Å². The summed E-state index contributed by atoms with van der Waals surface area (Å²) in [4.78, 5) is 13.9. The zero-order chi connectivity index (χ0) is 13.2. The molecule has 0 aromatic heterocycles. The van der Waals surface area contributed by atoms with E-state index < -0.39 is 0 Å². The van der Waals surface area contributed by atoms with Crippen LogP contribution in [0.25, 0.3) is 0 Å². The van der Waals surface area contributed by atoms with Crippen molar-refractivity contribution in [2.45, 2.75) is 33.2 Å². The minimum Gasteiger partial charge on any atom is -0.373 e. The Bertz CT molecular complexity index is 459. The SMILES string of the molecule is CN(Cc1ccccc1)C1=CC(=O)CC(C)(C)C1. The Labute approximate surface area is 109 Å². The van der Waals surface area contributed by atoms with Gasteiger partial charge in [0.2, 0.25) is 0 Å². The molecule has 1 aromatic carbocycles. The smallest absolute Gasteiger partial charge is 0.157 e. The van der Waals surface area contributed by atoms with E-state index in [0.717, 1.165) is 18.7 Å². The van der Waals surface area contributed by atoms with Crippen molar-refractivity contribution < 1.29 is 4.79 Å². The van der Waals surface area contributed by atoms with Crippen molar-refractivity contribution in [3.05, 3.63) is 47.7 Å². The first-order chi connectivity index (χ1) is 8.46. The van der Waals surface area contributed by atoms with Gasteiger partial charge in [-0.2, -0.15) is 0 Å². The summed E-state index contributed by atoms with van der Waals surface area (Å²) in [7, 11) is 2.06. The highest BCUT2D eigenvalue weighted by Gasteiger charge is 2.28. The Morgan fingerprint density at radius 1 is 1.17 bits per heavy atom. The molecular formula is C16H21NO. The summed E-state index contributed by atoms with van der Waals surface area (Å²) in [5.74, 6) is 0.251. The van der Waals surface area contributed by atoms with Gasteiger partial charge in [0.05, 0.1) is 0 Å². The molecule has 0 unspecified atom stereocenters. The van der Waals surface area contributed by atoms with Crippen molar-refractivity contribution in [3.8, 4) is 0 Å². The van der Waals surface area contributed by atoms with Crippen LogP contribution in [-0.4, -0.2) is 17.7 Å². The normalized spacial score (nSPS) is 18.4. The standard InChI is InChI=1S/C16H21NO/c1-16(2)10-14(9-15(18)11-16)17(3)12-13-7-5-4-6-8-13/h4-9H,10-12H2,1-3H3. The zero-order valence-corrected chi connectivity index (χ0v) is 11.4. The maximum Gasteiger partial charge on any atom is 0.157 e. The molecule has 2 rings (SSSR count). The van der Waals surface area contributed by atoms with Crippen molar-refractivity contribution in [1.29, 1.82) is 0 Å². The molecule has 1 aliphatic carbocycles. The van der Waals surface area contributed by atoms with Gasteiger partial charge >= 0.3 is 0 Å². The third-order valence-electron chi connectivity index (χ3n) is 3.39. The number of benzene rings is 1. The van der Waals surface area contributed by atoms with E-state index in [2.05, 4.69) is 37.9 Å². The first kappa shape index (κ1) is 12.9. The molecule has 2 nitrogen and oxygen atoms in total. The zero-order valence-electron chi connectivity index (χ0n) is 11.4. The van der Waals surface area contributed by atoms with Gasteiger partial charge in [-0.1, -0.05) is 44.2 Å². The van der Waals surface area contributed by atoms with Crippen LogP contribution in [0.4, 0.5) is 0 Å². The number of ketones is 1. The molecule has 18 heavy (non-hydrogen) atoms. The largest absolute Gasteiger partial charge is 0.373 e. The highest BCUT2D eigenvalue weighted by molar-refractivity contribution is 5.91. The van der Waals surface area contributed by atoms with Crippen molar-refractivity contribution in [2.75, 3.05) is 7.05 Å². The summed E-state index contributed by atoms with van der Waals surface area (Å²) in [5, 5.41) is 0. The summed E-state index contributed by atoms with van der Waals surface area (Å²) in [5.41, 5.74) is 2.52. The summed E-state index contributed by atoms with van der Waals surface area (Å²) in [6, 6.07) is 10.4. The van der Waals surface area contributed by atoms with Crippen molar-refractivity contribution in [1.82, 2.24) is 4.90 Å². The van der Waals surface area contributed by atoms with E-state index in [1.165, 1.54) is 5.56 Å². The second-order valence-electron chi connectivity index (χ2n) is 5.96. The Kier molecular flexibility index (Phi) is 3.55. The van der Waals surface area contributed by atoms with E-state index in [-0.39, 0.29) is 11.2 Å². The van der Waals surface area contributed by atoms with Crippen LogP contribution in [0.15, 0.2) is 42.1 Å².